The Labute approximate surface area is 257 Å². The van der Waals surface area contributed by atoms with E-state index in [1.54, 1.807) is 31.4 Å². The number of piperidine rings is 1. The van der Waals surface area contributed by atoms with Gasteiger partial charge in [-0.15, -0.1) is 0 Å². The lowest BCUT2D eigenvalue weighted by molar-refractivity contribution is 0.0822. The Hall–Kier alpha value is -3.52. The molecule has 2 saturated heterocycles. The number of nitrogens with zero attached hydrogens (tertiary/aromatic N) is 5. The molecule has 3 N–H and O–H groups in total. The van der Waals surface area contributed by atoms with E-state index in [-0.39, 0.29) is 11.0 Å². The van der Waals surface area contributed by atoms with Crippen LogP contribution in [-0.2, 0) is 10.0 Å². The van der Waals surface area contributed by atoms with Crippen molar-refractivity contribution < 1.29 is 17.9 Å². The van der Waals surface area contributed by atoms with E-state index in [9.17, 15) is 8.42 Å². The molecule has 0 saturated carbocycles. The number of aromatic nitrogens is 2. The van der Waals surface area contributed by atoms with Crippen molar-refractivity contribution in [2.24, 2.45) is 0 Å². The molecule has 3 aliphatic heterocycles. The molecule has 0 radical (unpaired) electrons. The quantitative estimate of drug-likeness (QED) is 0.336. The van der Waals surface area contributed by atoms with Crippen LogP contribution in [-0.4, -0.2) is 100 Å². The van der Waals surface area contributed by atoms with Crippen LogP contribution in [0.15, 0.2) is 42.6 Å². The first kappa shape index (κ1) is 29.5. The van der Waals surface area contributed by atoms with E-state index in [0.717, 1.165) is 63.3 Å². The maximum Gasteiger partial charge on any atom is 0.229 e. The van der Waals surface area contributed by atoms with E-state index in [4.69, 9.17) is 21.1 Å². The van der Waals surface area contributed by atoms with Crippen LogP contribution in [0.4, 0.5) is 34.5 Å². The average molecular weight is 629 g/mol. The Bertz CT molecular complexity index is 1580. The van der Waals surface area contributed by atoms with Gasteiger partial charge in [-0.25, -0.2) is 13.4 Å². The van der Waals surface area contributed by atoms with Gasteiger partial charge in [0, 0.05) is 50.9 Å². The number of rotatable bonds is 8. The molecule has 3 aromatic rings. The molecular weight excluding hydrogens is 592 g/mol. The minimum absolute atomic E-state index is 0.270. The molecule has 0 amide bonds. The summed E-state index contributed by atoms with van der Waals surface area (Å²) in [5, 5.41) is 6.62. The Kier molecular flexibility index (Phi) is 8.40. The highest BCUT2D eigenvalue weighted by Gasteiger charge is 2.37. The number of methoxy groups -OCH3 is 1. The summed E-state index contributed by atoms with van der Waals surface area (Å²) in [4.78, 5) is 16.4. The molecule has 230 valence electrons. The second-order valence-electron chi connectivity index (χ2n) is 11.3. The number of halogens is 1. The lowest BCUT2D eigenvalue weighted by Crippen LogP contribution is -2.57. The number of sulfonamides is 1. The first-order valence-corrected chi connectivity index (χ1v) is 16.6. The molecule has 4 heterocycles. The van der Waals surface area contributed by atoms with Gasteiger partial charge in [0.1, 0.15) is 23.1 Å². The number of nitrogens with one attached hydrogen (secondary N) is 3. The number of likely N-dealkylation sites (N-methyl/N-ethyl adjacent to an activating group) is 1. The normalized spacial score (nSPS) is 20.9. The summed E-state index contributed by atoms with van der Waals surface area (Å²) >= 11 is 6.41. The van der Waals surface area contributed by atoms with E-state index >= 15 is 0 Å². The summed E-state index contributed by atoms with van der Waals surface area (Å²) in [6, 6.07) is 11.7. The number of ether oxygens (including phenoxy) is 2. The maximum absolute atomic E-state index is 11.8. The van der Waals surface area contributed by atoms with Crippen LogP contribution in [0.1, 0.15) is 12.8 Å². The molecule has 0 aliphatic carbocycles. The zero-order valence-corrected chi connectivity index (χ0v) is 26.1. The minimum Gasteiger partial charge on any atom is -0.494 e. The number of benzene rings is 2. The molecule has 14 heteroatoms. The molecule has 2 fully saturated rings. The van der Waals surface area contributed by atoms with Gasteiger partial charge in [0.05, 0.1) is 48.4 Å². The van der Waals surface area contributed by atoms with Crippen LogP contribution in [0.5, 0.6) is 11.5 Å². The van der Waals surface area contributed by atoms with Crippen molar-refractivity contribution in [2.75, 3.05) is 80.0 Å². The minimum atomic E-state index is -3.48. The summed E-state index contributed by atoms with van der Waals surface area (Å²) in [7, 11) is 0.343. The smallest absolute Gasteiger partial charge is 0.229 e. The molecule has 12 nitrogen and oxygen atoms in total. The highest BCUT2D eigenvalue weighted by molar-refractivity contribution is 7.92. The molecule has 43 heavy (non-hydrogen) atoms. The average Bonchev–Trinajstić information content (AvgIpc) is 2.98. The lowest BCUT2D eigenvalue weighted by Gasteiger charge is -2.48. The summed E-state index contributed by atoms with van der Waals surface area (Å²) in [5.74, 6) is 2.01. The molecule has 6 rings (SSSR count). The molecule has 3 aliphatic rings. The number of fused-ring (bicyclic) bond motifs is 3. The van der Waals surface area contributed by atoms with Crippen molar-refractivity contribution >= 4 is 56.1 Å². The van der Waals surface area contributed by atoms with Crippen molar-refractivity contribution in [3.8, 4) is 11.5 Å². The Morgan fingerprint density at radius 2 is 1.79 bits per heavy atom. The number of anilines is 6. The third kappa shape index (κ3) is 6.69. The molecule has 0 bridgehead atoms. The fourth-order valence-electron chi connectivity index (χ4n) is 6.01. The number of piperazine rings is 1. The maximum atomic E-state index is 11.8. The Balaban J connectivity index is 1.19. The lowest BCUT2D eigenvalue weighted by atomic mass is 9.93. The predicted octanol–water partition coefficient (Wildman–Crippen LogP) is 3.97. The summed E-state index contributed by atoms with van der Waals surface area (Å²) in [6.45, 7) is 6.11. The van der Waals surface area contributed by atoms with Gasteiger partial charge < -0.3 is 29.9 Å². The molecule has 2 atom stereocenters. The van der Waals surface area contributed by atoms with Gasteiger partial charge in [0.15, 0.2) is 5.82 Å². The number of para-hydroxylation sites is 2. The second kappa shape index (κ2) is 12.2. The van der Waals surface area contributed by atoms with E-state index in [2.05, 4.69) is 47.1 Å². The van der Waals surface area contributed by atoms with Crippen LogP contribution in [0.25, 0.3) is 0 Å². The fourth-order valence-corrected chi connectivity index (χ4v) is 6.73. The molecule has 0 unspecified atom stereocenters. The molecule has 1 aromatic heterocycles. The van der Waals surface area contributed by atoms with Gasteiger partial charge in [0.2, 0.25) is 16.0 Å². The van der Waals surface area contributed by atoms with E-state index in [1.807, 2.05) is 12.1 Å². The van der Waals surface area contributed by atoms with E-state index in [0.29, 0.717) is 47.3 Å². The summed E-state index contributed by atoms with van der Waals surface area (Å²) < 4.78 is 38.2. The van der Waals surface area contributed by atoms with Gasteiger partial charge in [0.25, 0.3) is 0 Å². The Morgan fingerprint density at radius 3 is 2.53 bits per heavy atom. The zero-order valence-electron chi connectivity index (χ0n) is 24.5. The van der Waals surface area contributed by atoms with Gasteiger partial charge in [-0.3, -0.25) is 9.62 Å². The third-order valence-corrected chi connectivity index (χ3v) is 9.10. The highest BCUT2D eigenvalue weighted by atomic mass is 35.5. The van der Waals surface area contributed by atoms with Crippen LogP contribution in [0.3, 0.4) is 0 Å². The standard InChI is InChI=1S/C29H37ClN8O4S/c1-36-10-12-37(13-11-36)19-8-9-38-20(14-19)18-42-27-15-24(26(41-2)16-25(27)38)33-29-31-17-21(30)28(34-29)32-22-6-4-5-7-23(22)35-43(3,39)40/h4-7,15-17,19-20,35H,8-14,18H2,1-3H3,(H2,31,32,33,34)/t19-,20+/m0/s1. The first-order valence-electron chi connectivity index (χ1n) is 14.3. The second-order valence-corrected chi connectivity index (χ2v) is 13.4. The van der Waals surface area contributed by atoms with E-state index < -0.39 is 10.0 Å². The Morgan fingerprint density at radius 1 is 1.02 bits per heavy atom. The van der Waals surface area contributed by atoms with Gasteiger partial charge in [-0.1, -0.05) is 23.7 Å². The number of hydrogen-bond donors (Lipinski definition) is 3. The summed E-state index contributed by atoms with van der Waals surface area (Å²) in [5.41, 5.74) is 2.54. The number of hydrogen-bond acceptors (Lipinski definition) is 11. The largest absolute Gasteiger partial charge is 0.494 e. The highest BCUT2D eigenvalue weighted by Crippen LogP contribution is 2.44. The van der Waals surface area contributed by atoms with Crippen LogP contribution in [0.2, 0.25) is 5.02 Å². The topological polar surface area (TPSA) is 124 Å². The molecular formula is C29H37ClN8O4S. The first-order chi connectivity index (χ1) is 20.7. The van der Waals surface area contributed by atoms with Gasteiger partial charge >= 0.3 is 0 Å². The summed E-state index contributed by atoms with van der Waals surface area (Å²) in [6.07, 6.45) is 4.78. The molecule has 0 spiro atoms. The van der Waals surface area contributed by atoms with Crippen LogP contribution in [0, 0.1) is 0 Å². The van der Waals surface area contributed by atoms with Crippen molar-refractivity contribution in [3.05, 3.63) is 47.6 Å². The third-order valence-electron chi connectivity index (χ3n) is 8.23. The van der Waals surface area contributed by atoms with E-state index in [1.165, 1.54) is 6.20 Å². The van der Waals surface area contributed by atoms with Crippen LogP contribution >= 0.6 is 11.6 Å². The van der Waals surface area contributed by atoms with Crippen molar-refractivity contribution in [1.29, 1.82) is 0 Å². The van der Waals surface area contributed by atoms with Crippen LogP contribution < -0.4 is 29.7 Å². The van der Waals surface area contributed by atoms with Gasteiger partial charge in [-0.05, 0) is 32.0 Å². The monoisotopic (exact) mass is 628 g/mol. The zero-order chi connectivity index (χ0) is 30.1. The van der Waals surface area contributed by atoms with Crippen molar-refractivity contribution in [3.63, 3.8) is 0 Å². The van der Waals surface area contributed by atoms with Crippen molar-refractivity contribution in [2.45, 2.75) is 24.9 Å². The SMILES string of the molecule is COc1cc2c(cc1Nc1ncc(Cl)c(Nc3ccccc3NS(C)(=O)=O)n1)OC[C@H]1C[C@@H](N3CCN(C)CC3)CCN21. The fraction of sp³-hybridized carbons (Fsp3) is 0.448. The molecule has 2 aromatic carbocycles. The predicted molar refractivity (Wildman–Crippen MR) is 170 cm³/mol. The van der Waals surface area contributed by atoms with Crippen molar-refractivity contribution in [1.82, 2.24) is 19.8 Å². The van der Waals surface area contributed by atoms with Gasteiger partial charge in [-0.2, -0.15) is 4.98 Å².